The van der Waals surface area contributed by atoms with Crippen LogP contribution in [-0.2, 0) is 15.0 Å². The smallest absolute Gasteiger partial charge is 0.324 e. The molecule has 1 aromatic heterocycles. The number of amides is 5. The monoisotopic (exact) mass is 464 g/mol. The van der Waals surface area contributed by atoms with Crippen LogP contribution in [-0.4, -0.2) is 29.8 Å². The number of imide groups is 1. The molecule has 1 fully saturated rings. The van der Waals surface area contributed by atoms with Gasteiger partial charge in [0.05, 0.1) is 12.0 Å². The number of thiophene rings is 1. The first kappa shape index (κ1) is 22.5. The van der Waals surface area contributed by atoms with E-state index in [1.807, 2.05) is 57.2 Å². The molecule has 1 saturated heterocycles. The molecule has 4 rings (SSSR count). The van der Waals surface area contributed by atoms with Gasteiger partial charge in [0, 0.05) is 10.6 Å². The number of nitrogens with one attached hydrogen (secondary N) is 4. The van der Waals surface area contributed by atoms with Gasteiger partial charge in [-0.25, -0.2) is 4.79 Å². The zero-order valence-corrected chi connectivity index (χ0v) is 19.3. The van der Waals surface area contributed by atoms with Crippen LogP contribution in [0.5, 0.6) is 0 Å². The second-order valence-electron chi connectivity index (χ2n) is 8.89. The lowest BCUT2D eigenvalue weighted by Gasteiger charge is -2.15. The molecule has 5 amide bonds. The molecule has 0 aliphatic carbocycles. The number of hydrogen-bond acceptors (Lipinski definition) is 5. The fourth-order valence-corrected chi connectivity index (χ4v) is 4.57. The van der Waals surface area contributed by atoms with Crippen LogP contribution in [0.1, 0.15) is 42.4 Å². The molecule has 1 atom stereocenters. The summed E-state index contributed by atoms with van der Waals surface area (Å²) in [5.74, 6) is -1.50. The van der Waals surface area contributed by atoms with E-state index in [-0.39, 0.29) is 17.4 Å². The molecular weight excluding hydrogens is 440 g/mol. The maximum absolute atomic E-state index is 12.9. The first-order valence-corrected chi connectivity index (χ1v) is 11.3. The summed E-state index contributed by atoms with van der Waals surface area (Å²) >= 11 is 1.30. The van der Waals surface area contributed by atoms with Crippen LogP contribution in [0.4, 0.5) is 15.5 Å². The minimum atomic E-state index is -0.928. The molecule has 3 aromatic rings. The van der Waals surface area contributed by atoms with Crippen molar-refractivity contribution in [2.24, 2.45) is 0 Å². The molecule has 4 N–H and O–H groups in total. The topological polar surface area (TPSA) is 116 Å². The third-order valence-corrected chi connectivity index (χ3v) is 6.70. The van der Waals surface area contributed by atoms with Crippen molar-refractivity contribution < 1.29 is 19.2 Å². The Hall–Kier alpha value is -3.72. The minimum absolute atomic E-state index is 0.105. The van der Waals surface area contributed by atoms with E-state index in [1.54, 1.807) is 12.1 Å². The normalized spacial score (nSPS) is 15.9. The maximum atomic E-state index is 12.9. The second-order valence-corrected chi connectivity index (χ2v) is 9.94. The van der Waals surface area contributed by atoms with Crippen molar-refractivity contribution in [3.8, 4) is 0 Å². The van der Waals surface area contributed by atoms with Gasteiger partial charge < -0.3 is 10.6 Å². The van der Waals surface area contributed by atoms with Gasteiger partial charge in [-0.1, -0.05) is 51.1 Å². The van der Waals surface area contributed by atoms with Crippen molar-refractivity contribution in [2.45, 2.75) is 38.6 Å². The number of rotatable bonds is 4. The van der Waals surface area contributed by atoms with E-state index in [0.29, 0.717) is 10.7 Å². The SMILES string of the molecule is CC(C)(C)c1cc(C(=O)NC2CC(=O)NC2=O)c(NC(=O)Nc2ccc3ccccc3c2)s1. The van der Waals surface area contributed by atoms with Gasteiger partial charge in [0.15, 0.2) is 0 Å². The van der Waals surface area contributed by atoms with Crippen LogP contribution >= 0.6 is 11.3 Å². The van der Waals surface area contributed by atoms with Crippen LogP contribution in [0.3, 0.4) is 0 Å². The lowest BCUT2D eigenvalue weighted by Crippen LogP contribution is -2.40. The molecule has 1 aliphatic heterocycles. The van der Waals surface area contributed by atoms with Gasteiger partial charge in [0.1, 0.15) is 11.0 Å². The van der Waals surface area contributed by atoms with Crippen molar-refractivity contribution >= 4 is 56.6 Å². The molecule has 2 aromatic carbocycles. The van der Waals surface area contributed by atoms with Crippen molar-refractivity contribution in [1.29, 1.82) is 0 Å². The van der Waals surface area contributed by atoms with Gasteiger partial charge in [-0.15, -0.1) is 11.3 Å². The highest BCUT2D eigenvalue weighted by molar-refractivity contribution is 7.16. The summed E-state index contributed by atoms with van der Waals surface area (Å²) in [6.45, 7) is 6.01. The lowest BCUT2D eigenvalue weighted by molar-refractivity contribution is -0.125. The Kier molecular flexibility index (Phi) is 5.90. The average molecular weight is 465 g/mol. The molecular formula is C24H24N4O4S. The molecule has 8 nitrogen and oxygen atoms in total. The van der Waals surface area contributed by atoms with Gasteiger partial charge in [-0.05, 0) is 34.4 Å². The summed E-state index contributed by atoms with van der Waals surface area (Å²) in [7, 11) is 0. The number of urea groups is 1. The minimum Gasteiger partial charge on any atom is -0.340 e. The fraction of sp³-hybridized carbons (Fsp3) is 0.250. The van der Waals surface area contributed by atoms with E-state index in [2.05, 4.69) is 21.3 Å². The second kappa shape index (κ2) is 8.67. The summed E-state index contributed by atoms with van der Waals surface area (Å²) in [6, 6.07) is 13.7. The number of carbonyl (C=O) groups is 4. The molecule has 0 saturated carbocycles. The highest BCUT2D eigenvalue weighted by atomic mass is 32.1. The Morgan fingerprint density at radius 3 is 2.39 bits per heavy atom. The summed E-state index contributed by atoms with van der Waals surface area (Å²) in [5, 5.41) is 12.7. The van der Waals surface area contributed by atoms with E-state index < -0.39 is 29.8 Å². The molecule has 33 heavy (non-hydrogen) atoms. The van der Waals surface area contributed by atoms with Gasteiger partial charge in [-0.2, -0.15) is 0 Å². The van der Waals surface area contributed by atoms with E-state index in [0.717, 1.165) is 15.6 Å². The summed E-state index contributed by atoms with van der Waals surface area (Å²) < 4.78 is 0. The van der Waals surface area contributed by atoms with Crippen LogP contribution in [0.15, 0.2) is 48.5 Å². The Morgan fingerprint density at radius 1 is 1.00 bits per heavy atom. The maximum Gasteiger partial charge on any atom is 0.324 e. The predicted molar refractivity (Wildman–Crippen MR) is 129 cm³/mol. The summed E-state index contributed by atoms with van der Waals surface area (Å²) in [4.78, 5) is 49.8. The Balaban J connectivity index is 1.54. The molecule has 9 heteroatoms. The average Bonchev–Trinajstić information content (AvgIpc) is 3.30. The Bertz CT molecular complexity index is 1270. The van der Waals surface area contributed by atoms with Crippen molar-refractivity contribution in [2.75, 3.05) is 10.6 Å². The van der Waals surface area contributed by atoms with Gasteiger partial charge >= 0.3 is 6.03 Å². The van der Waals surface area contributed by atoms with Crippen molar-refractivity contribution in [3.63, 3.8) is 0 Å². The first-order chi connectivity index (χ1) is 15.6. The third kappa shape index (κ3) is 5.04. The number of benzene rings is 2. The summed E-state index contributed by atoms with van der Waals surface area (Å²) in [6.07, 6.45) is -0.105. The standard InChI is InChI=1S/C24H24N4O4S/c1-24(2,3)18-11-16(20(30)26-17-12-19(29)27-21(17)31)22(33-18)28-23(32)25-15-9-8-13-6-4-5-7-14(13)10-15/h4-11,17H,12H2,1-3H3,(H,26,30)(H2,25,28,32)(H,27,29,31). The van der Waals surface area contributed by atoms with Crippen LogP contribution in [0.25, 0.3) is 10.8 Å². The Morgan fingerprint density at radius 2 is 1.73 bits per heavy atom. The van der Waals surface area contributed by atoms with Gasteiger partial charge in [-0.3, -0.25) is 25.0 Å². The third-order valence-electron chi connectivity index (χ3n) is 5.22. The lowest BCUT2D eigenvalue weighted by atomic mass is 9.94. The van der Waals surface area contributed by atoms with Gasteiger partial charge in [0.25, 0.3) is 5.91 Å². The fourth-order valence-electron chi connectivity index (χ4n) is 3.46. The van der Waals surface area contributed by atoms with Gasteiger partial charge in [0.2, 0.25) is 11.8 Å². The molecule has 2 heterocycles. The van der Waals surface area contributed by atoms with E-state index in [9.17, 15) is 19.2 Å². The molecule has 0 bridgehead atoms. The zero-order valence-electron chi connectivity index (χ0n) is 18.4. The first-order valence-electron chi connectivity index (χ1n) is 10.5. The molecule has 170 valence electrons. The van der Waals surface area contributed by atoms with Crippen LogP contribution in [0, 0.1) is 0 Å². The van der Waals surface area contributed by atoms with E-state index in [4.69, 9.17) is 0 Å². The van der Waals surface area contributed by atoms with Crippen LogP contribution < -0.4 is 21.3 Å². The molecule has 1 aliphatic rings. The molecule has 0 spiro atoms. The Labute approximate surface area is 194 Å². The number of anilines is 2. The van der Waals surface area contributed by atoms with E-state index >= 15 is 0 Å². The highest BCUT2D eigenvalue weighted by Gasteiger charge is 2.33. The molecule has 0 radical (unpaired) electrons. The molecule has 1 unspecified atom stereocenters. The highest BCUT2D eigenvalue weighted by Crippen LogP contribution is 2.36. The van der Waals surface area contributed by atoms with Crippen molar-refractivity contribution in [3.05, 3.63) is 59.0 Å². The summed E-state index contributed by atoms with van der Waals surface area (Å²) in [5.41, 5.74) is 0.603. The number of carbonyl (C=O) groups excluding carboxylic acids is 4. The quantitative estimate of drug-likeness (QED) is 0.437. The van der Waals surface area contributed by atoms with E-state index in [1.165, 1.54) is 11.3 Å². The predicted octanol–water partition coefficient (Wildman–Crippen LogP) is 3.99. The van der Waals surface area contributed by atoms with Crippen molar-refractivity contribution in [1.82, 2.24) is 10.6 Å². The zero-order chi connectivity index (χ0) is 23.8. The number of fused-ring (bicyclic) bond motifs is 1. The largest absolute Gasteiger partial charge is 0.340 e. The number of hydrogen-bond donors (Lipinski definition) is 4. The van der Waals surface area contributed by atoms with Crippen LogP contribution in [0.2, 0.25) is 0 Å².